The Morgan fingerprint density at radius 2 is 2.39 bits per heavy atom. The van der Waals surface area contributed by atoms with E-state index in [1.54, 1.807) is 19.1 Å². The predicted molar refractivity (Wildman–Crippen MR) is 67.9 cm³/mol. The van der Waals surface area contributed by atoms with Crippen molar-refractivity contribution in [2.75, 3.05) is 18.5 Å². The first-order valence-electron chi connectivity index (χ1n) is 6.12. The van der Waals surface area contributed by atoms with E-state index < -0.39 is 5.97 Å². The molecule has 2 heterocycles. The zero-order chi connectivity index (χ0) is 13.1. The third-order valence-corrected chi connectivity index (χ3v) is 3.25. The second kappa shape index (κ2) is 5.35. The number of rotatable bonds is 4. The van der Waals surface area contributed by atoms with E-state index in [-0.39, 0.29) is 11.6 Å². The monoisotopic (exact) mass is 250 g/mol. The molecule has 2 atom stereocenters. The molecule has 1 fully saturated rings. The quantitative estimate of drug-likeness (QED) is 0.854. The Morgan fingerprint density at radius 1 is 1.61 bits per heavy atom. The van der Waals surface area contributed by atoms with Crippen LogP contribution >= 0.6 is 0 Å². The predicted octanol–water partition coefficient (Wildman–Crippen LogP) is 1.93. The molecular weight excluding hydrogens is 232 g/mol. The van der Waals surface area contributed by atoms with E-state index in [2.05, 4.69) is 17.2 Å². The molecule has 1 aliphatic heterocycles. The van der Waals surface area contributed by atoms with Crippen LogP contribution in [0.4, 0.5) is 5.82 Å². The van der Waals surface area contributed by atoms with Crippen molar-refractivity contribution in [3.05, 3.63) is 23.4 Å². The van der Waals surface area contributed by atoms with Crippen LogP contribution in [0.3, 0.4) is 0 Å². The number of hydrogen-bond acceptors (Lipinski definition) is 4. The Labute approximate surface area is 106 Å². The minimum atomic E-state index is -0.930. The molecule has 1 aromatic rings. The van der Waals surface area contributed by atoms with Crippen LogP contribution in [-0.2, 0) is 4.74 Å². The van der Waals surface area contributed by atoms with Crippen molar-refractivity contribution in [3.63, 3.8) is 0 Å². The number of aromatic nitrogens is 1. The van der Waals surface area contributed by atoms with Crippen LogP contribution in [0.25, 0.3) is 0 Å². The summed E-state index contributed by atoms with van der Waals surface area (Å²) in [6.45, 7) is 5.43. The maximum Gasteiger partial charge on any atom is 0.335 e. The molecule has 5 nitrogen and oxygen atoms in total. The molecule has 1 saturated heterocycles. The lowest BCUT2D eigenvalue weighted by molar-refractivity contribution is 0.0696. The molecule has 1 aliphatic rings. The molecule has 2 rings (SSSR count). The zero-order valence-electron chi connectivity index (χ0n) is 10.6. The first kappa shape index (κ1) is 12.8. The van der Waals surface area contributed by atoms with Crippen molar-refractivity contribution in [2.45, 2.75) is 26.3 Å². The van der Waals surface area contributed by atoms with Crippen molar-refractivity contribution < 1.29 is 14.6 Å². The summed E-state index contributed by atoms with van der Waals surface area (Å²) in [4.78, 5) is 15.3. The molecule has 0 aromatic carbocycles. The zero-order valence-corrected chi connectivity index (χ0v) is 10.6. The maximum absolute atomic E-state index is 11.0. The first-order valence-corrected chi connectivity index (χ1v) is 6.12. The number of hydrogen-bond donors (Lipinski definition) is 2. The average molecular weight is 250 g/mol. The van der Waals surface area contributed by atoms with Gasteiger partial charge in [0.1, 0.15) is 5.82 Å². The number of anilines is 1. The number of nitrogens with zero attached hydrogens (tertiary/aromatic N) is 1. The number of pyridine rings is 1. The fraction of sp³-hybridized carbons (Fsp3) is 0.538. The number of aryl methyl sites for hydroxylation is 1. The van der Waals surface area contributed by atoms with E-state index in [0.29, 0.717) is 17.4 Å². The molecule has 5 heteroatoms. The van der Waals surface area contributed by atoms with Gasteiger partial charge in [-0.25, -0.2) is 9.78 Å². The highest BCUT2D eigenvalue weighted by Crippen LogP contribution is 2.20. The molecule has 0 radical (unpaired) electrons. The lowest BCUT2D eigenvalue weighted by Crippen LogP contribution is -2.26. The lowest BCUT2D eigenvalue weighted by atomic mass is 10.0. The van der Waals surface area contributed by atoms with Gasteiger partial charge in [0.25, 0.3) is 0 Å². The van der Waals surface area contributed by atoms with Crippen molar-refractivity contribution in [3.8, 4) is 0 Å². The molecule has 0 spiro atoms. The second-order valence-corrected chi connectivity index (χ2v) is 4.74. The van der Waals surface area contributed by atoms with E-state index in [9.17, 15) is 4.79 Å². The largest absolute Gasteiger partial charge is 0.478 e. The van der Waals surface area contributed by atoms with Crippen molar-refractivity contribution >= 4 is 11.8 Å². The minimum absolute atomic E-state index is 0.225. The van der Waals surface area contributed by atoms with E-state index in [1.807, 2.05) is 0 Å². The fourth-order valence-corrected chi connectivity index (χ4v) is 2.16. The van der Waals surface area contributed by atoms with Crippen molar-refractivity contribution in [1.82, 2.24) is 4.98 Å². The molecule has 18 heavy (non-hydrogen) atoms. The lowest BCUT2D eigenvalue weighted by Gasteiger charge is -2.20. The van der Waals surface area contributed by atoms with Gasteiger partial charge in [0.15, 0.2) is 0 Å². The summed E-state index contributed by atoms with van der Waals surface area (Å²) < 4.78 is 5.35. The van der Waals surface area contributed by atoms with Crippen LogP contribution in [-0.4, -0.2) is 35.3 Å². The van der Waals surface area contributed by atoms with E-state index in [4.69, 9.17) is 9.84 Å². The standard InChI is InChI=1S/C13H18N2O3/c1-8-5-11(13(16)17)6-12(14-8)15-9(2)10-3-4-18-7-10/h5-6,9-10H,3-4,7H2,1-2H3,(H,14,15)(H,16,17). The molecule has 0 bridgehead atoms. The Balaban J connectivity index is 2.10. The molecule has 0 saturated carbocycles. The number of nitrogens with one attached hydrogen (secondary N) is 1. The van der Waals surface area contributed by atoms with Gasteiger partial charge < -0.3 is 15.2 Å². The average Bonchev–Trinajstić information content (AvgIpc) is 2.81. The van der Waals surface area contributed by atoms with Crippen LogP contribution in [0.5, 0.6) is 0 Å². The van der Waals surface area contributed by atoms with Gasteiger partial charge in [-0.1, -0.05) is 0 Å². The molecule has 0 amide bonds. The van der Waals surface area contributed by atoms with E-state index in [0.717, 1.165) is 19.6 Å². The van der Waals surface area contributed by atoms with Crippen LogP contribution in [0.15, 0.2) is 12.1 Å². The number of aromatic carboxylic acids is 1. The Kier molecular flexibility index (Phi) is 3.81. The highest BCUT2D eigenvalue weighted by atomic mass is 16.5. The number of carboxylic acids is 1. The maximum atomic E-state index is 11.0. The molecular formula is C13H18N2O3. The van der Waals surface area contributed by atoms with E-state index >= 15 is 0 Å². The van der Waals surface area contributed by atoms with Crippen molar-refractivity contribution in [1.29, 1.82) is 0 Å². The van der Waals surface area contributed by atoms with Gasteiger partial charge in [0.2, 0.25) is 0 Å². The summed E-state index contributed by atoms with van der Waals surface area (Å²) in [5, 5.41) is 12.3. The first-order chi connectivity index (χ1) is 8.56. The van der Waals surface area contributed by atoms with Crippen molar-refractivity contribution in [2.24, 2.45) is 5.92 Å². The van der Waals surface area contributed by atoms with Gasteiger partial charge in [0.05, 0.1) is 12.2 Å². The SMILES string of the molecule is Cc1cc(C(=O)O)cc(NC(C)C2CCOC2)n1. The van der Waals surface area contributed by atoms with Gasteiger partial charge in [-0.15, -0.1) is 0 Å². The summed E-state index contributed by atoms with van der Waals surface area (Å²) in [5.74, 6) is 0.146. The summed E-state index contributed by atoms with van der Waals surface area (Å²) in [6.07, 6.45) is 1.03. The van der Waals surface area contributed by atoms with Crippen LogP contribution in [0, 0.1) is 12.8 Å². The summed E-state index contributed by atoms with van der Waals surface area (Å²) >= 11 is 0. The normalized spacial score (nSPS) is 20.7. The van der Waals surface area contributed by atoms with E-state index in [1.165, 1.54) is 0 Å². The molecule has 2 N–H and O–H groups in total. The Morgan fingerprint density at radius 3 is 3.00 bits per heavy atom. The summed E-state index contributed by atoms with van der Waals surface area (Å²) in [5.41, 5.74) is 0.965. The minimum Gasteiger partial charge on any atom is -0.478 e. The number of carboxylic acid groups (broad SMARTS) is 1. The summed E-state index contributed by atoms with van der Waals surface area (Å²) in [6, 6.07) is 3.36. The molecule has 1 aromatic heterocycles. The highest BCUT2D eigenvalue weighted by Gasteiger charge is 2.22. The fourth-order valence-electron chi connectivity index (χ4n) is 2.16. The molecule has 2 unspecified atom stereocenters. The Bertz CT molecular complexity index is 442. The molecule has 0 aliphatic carbocycles. The second-order valence-electron chi connectivity index (χ2n) is 4.74. The van der Waals surface area contributed by atoms with Gasteiger partial charge >= 0.3 is 5.97 Å². The molecule has 98 valence electrons. The van der Waals surface area contributed by atoms with Crippen LogP contribution < -0.4 is 5.32 Å². The smallest absolute Gasteiger partial charge is 0.335 e. The van der Waals surface area contributed by atoms with Gasteiger partial charge in [0, 0.05) is 24.3 Å². The third-order valence-electron chi connectivity index (χ3n) is 3.25. The number of carbonyl (C=O) groups is 1. The summed E-state index contributed by atoms with van der Waals surface area (Å²) in [7, 11) is 0. The number of ether oxygens (including phenoxy) is 1. The van der Waals surface area contributed by atoms with Crippen LogP contribution in [0.1, 0.15) is 29.4 Å². The topological polar surface area (TPSA) is 71.5 Å². The van der Waals surface area contributed by atoms with Gasteiger partial charge in [-0.3, -0.25) is 0 Å². The highest BCUT2D eigenvalue weighted by molar-refractivity contribution is 5.88. The Hall–Kier alpha value is -1.62. The van der Waals surface area contributed by atoms with Gasteiger partial charge in [-0.05, 0) is 32.4 Å². The third kappa shape index (κ3) is 2.98. The van der Waals surface area contributed by atoms with Crippen LogP contribution in [0.2, 0.25) is 0 Å². The van der Waals surface area contributed by atoms with Gasteiger partial charge in [-0.2, -0.15) is 0 Å².